The molecule has 8 nitrogen and oxygen atoms in total. The van der Waals surface area contributed by atoms with E-state index in [-0.39, 0.29) is 17.1 Å². The van der Waals surface area contributed by atoms with Crippen LogP contribution < -0.4 is 15.4 Å². The van der Waals surface area contributed by atoms with Gasteiger partial charge in [0.15, 0.2) is 5.11 Å². The molecule has 0 aliphatic carbocycles. The summed E-state index contributed by atoms with van der Waals surface area (Å²) < 4.78 is 7.31. The summed E-state index contributed by atoms with van der Waals surface area (Å²) in [5.41, 5.74) is 0.457. The average molecular weight is 362 g/mol. The van der Waals surface area contributed by atoms with Gasteiger partial charge in [-0.05, 0) is 60.6 Å². The highest BCUT2D eigenvalue weighted by Crippen LogP contribution is 2.16. The van der Waals surface area contributed by atoms with Crippen molar-refractivity contribution in [1.29, 1.82) is 0 Å². The summed E-state index contributed by atoms with van der Waals surface area (Å²) in [6.45, 7) is 6.69. The van der Waals surface area contributed by atoms with Gasteiger partial charge < -0.3 is 4.74 Å². The van der Waals surface area contributed by atoms with Gasteiger partial charge in [-0.3, -0.25) is 15.4 Å². The highest BCUT2D eigenvalue weighted by Gasteiger charge is 2.12. The fraction of sp³-hybridized carbons (Fsp3) is 0.438. The maximum Gasteiger partial charge on any atom is 0.257 e. The summed E-state index contributed by atoms with van der Waals surface area (Å²) >= 11 is 5.16. The van der Waals surface area contributed by atoms with E-state index in [1.54, 1.807) is 22.9 Å². The summed E-state index contributed by atoms with van der Waals surface area (Å²) in [6, 6.07) is 6.97. The maximum atomic E-state index is 12.3. The Morgan fingerprint density at radius 2 is 2.20 bits per heavy atom. The molecule has 0 aliphatic heterocycles. The fourth-order valence-corrected chi connectivity index (χ4v) is 2.17. The molecule has 25 heavy (non-hydrogen) atoms. The molecular weight excluding hydrogens is 340 g/mol. The van der Waals surface area contributed by atoms with Crippen molar-refractivity contribution in [2.24, 2.45) is 0 Å². The number of aryl methyl sites for hydroxylation is 1. The van der Waals surface area contributed by atoms with Crippen LogP contribution in [0.1, 0.15) is 44.0 Å². The molecule has 0 saturated carbocycles. The standard InChI is InChI=1S/C16H22N6O2S/c1-4-9-22-15(19-20-21-22)18-16(25)17-14(23)12-7-6-8-13(10-12)24-11(3)5-2/h6-8,10-11H,4-5,9H2,1-3H3,(H2,17,18,19,21,23,25)/t11-/m1/s1. The van der Waals surface area contributed by atoms with Crippen LogP contribution in [0.5, 0.6) is 5.75 Å². The first-order chi connectivity index (χ1) is 12.0. The van der Waals surface area contributed by atoms with Crippen LogP contribution in [0, 0.1) is 0 Å². The first-order valence-electron chi connectivity index (χ1n) is 8.18. The van der Waals surface area contributed by atoms with E-state index in [9.17, 15) is 4.79 Å². The van der Waals surface area contributed by atoms with Gasteiger partial charge in [0.25, 0.3) is 5.91 Å². The van der Waals surface area contributed by atoms with Crippen molar-refractivity contribution in [3.63, 3.8) is 0 Å². The minimum atomic E-state index is -0.332. The smallest absolute Gasteiger partial charge is 0.257 e. The van der Waals surface area contributed by atoms with E-state index < -0.39 is 0 Å². The van der Waals surface area contributed by atoms with Gasteiger partial charge in [-0.2, -0.15) is 0 Å². The number of carbonyl (C=O) groups excluding carboxylic acids is 1. The van der Waals surface area contributed by atoms with Crippen molar-refractivity contribution in [3.05, 3.63) is 29.8 Å². The number of ether oxygens (including phenoxy) is 1. The SMILES string of the molecule is CCCn1nnnc1NC(=S)NC(=O)c1cccc(O[C@H](C)CC)c1. The Balaban J connectivity index is 1.98. The molecule has 2 N–H and O–H groups in total. The topological polar surface area (TPSA) is 94.0 Å². The predicted octanol–water partition coefficient (Wildman–Crippen LogP) is 2.39. The van der Waals surface area contributed by atoms with Crippen molar-refractivity contribution < 1.29 is 9.53 Å². The third-order valence-corrected chi connectivity index (χ3v) is 3.63. The lowest BCUT2D eigenvalue weighted by atomic mass is 10.2. The van der Waals surface area contributed by atoms with Crippen LogP contribution in [0.15, 0.2) is 24.3 Å². The number of benzene rings is 1. The molecule has 0 aliphatic rings. The lowest BCUT2D eigenvalue weighted by molar-refractivity contribution is 0.0977. The molecule has 2 rings (SSSR count). The second-order valence-electron chi connectivity index (χ2n) is 5.50. The van der Waals surface area contributed by atoms with Gasteiger partial charge in [-0.25, -0.2) is 4.68 Å². The van der Waals surface area contributed by atoms with Gasteiger partial charge >= 0.3 is 0 Å². The van der Waals surface area contributed by atoms with Gasteiger partial charge in [0.05, 0.1) is 6.10 Å². The Kier molecular flexibility index (Phi) is 6.81. The Hall–Kier alpha value is -2.55. The second kappa shape index (κ2) is 9.07. The minimum Gasteiger partial charge on any atom is -0.491 e. The van der Waals surface area contributed by atoms with E-state index in [0.717, 1.165) is 12.8 Å². The number of nitrogens with one attached hydrogen (secondary N) is 2. The van der Waals surface area contributed by atoms with Crippen LogP contribution in [0.4, 0.5) is 5.95 Å². The third-order valence-electron chi connectivity index (χ3n) is 3.43. The normalized spacial score (nSPS) is 11.6. The van der Waals surface area contributed by atoms with Gasteiger partial charge in [0.2, 0.25) is 5.95 Å². The van der Waals surface area contributed by atoms with Gasteiger partial charge in [-0.15, -0.1) is 0 Å². The molecule has 0 bridgehead atoms. The molecule has 1 atom stereocenters. The number of aromatic nitrogens is 4. The molecular formula is C16H22N6O2S. The molecule has 1 amide bonds. The zero-order valence-electron chi connectivity index (χ0n) is 14.5. The zero-order chi connectivity index (χ0) is 18.2. The zero-order valence-corrected chi connectivity index (χ0v) is 15.3. The molecule has 134 valence electrons. The number of thiocarbonyl (C=S) groups is 1. The van der Waals surface area contributed by atoms with Crippen LogP contribution in [0.25, 0.3) is 0 Å². The highest BCUT2D eigenvalue weighted by atomic mass is 32.1. The molecule has 9 heteroatoms. The van der Waals surface area contributed by atoms with E-state index in [1.807, 2.05) is 26.8 Å². The summed E-state index contributed by atoms with van der Waals surface area (Å²) in [6.07, 6.45) is 1.84. The van der Waals surface area contributed by atoms with E-state index in [4.69, 9.17) is 17.0 Å². The molecule has 1 heterocycles. The van der Waals surface area contributed by atoms with E-state index in [2.05, 4.69) is 26.2 Å². The lowest BCUT2D eigenvalue weighted by Gasteiger charge is -2.13. The number of rotatable bonds is 7. The molecule has 2 aromatic rings. The number of amides is 1. The molecule has 1 aromatic heterocycles. The van der Waals surface area contributed by atoms with Crippen LogP contribution in [0.2, 0.25) is 0 Å². The van der Waals surface area contributed by atoms with Crippen LogP contribution in [0.3, 0.4) is 0 Å². The average Bonchev–Trinajstić information content (AvgIpc) is 3.02. The molecule has 0 saturated heterocycles. The molecule has 1 aromatic carbocycles. The first kappa shape index (κ1) is 18.8. The highest BCUT2D eigenvalue weighted by molar-refractivity contribution is 7.80. The Bertz CT molecular complexity index is 733. The summed E-state index contributed by atoms with van der Waals surface area (Å²) in [5, 5.41) is 16.9. The van der Waals surface area contributed by atoms with Gasteiger partial charge in [-0.1, -0.05) is 25.0 Å². The third kappa shape index (κ3) is 5.49. The number of hydrogen-bond donors (Lipinski definition) is 2. The number of tetrazole rings is 1. The minimum absolute atomic E-state index is 0.0819. The lowest BCUT2D eigenvalue weighted by Crippen LogP contribution is -2.35. The summed E-state index contributed by atoms with van der Waals surface area (Å²) in [4.78, 5) is 12.3. The number of hydrogen-bond acceptors (Lipinski definition) is 6. The Morgan fingerprint density at radius 1 is 1.40 bits per heavy atom. The number of nitrogens with zero attached hydrogens (tertiary/aromatic N) is 4. The van der Waals surface area contributed by atoms with Crippen molar-refractivity contribution in [3.8, 4) is 5.75 Å². The number of anilines is 1. The van der Waals surface area contributed by atoms with Crippen molar-refractivity contribution >= 4 is 29.2 Å². The van der Waals surface area contributed by atoms with E-state index in [0.29, 0.717) is 23.8 Å². The molecule has 0 fully saturated rings. The van der Waals surface area contributed by atoms with E-state index >= 15 is 0 Å². The Morgan fingerprint density at radius 3 is 2.92 bits per heavy atom. The van der Waals surface area contributed by atoms with Gasteiger partial charge in [0, 0.05) is 12.1 Å². The molecule has 0 spiro atoms. The summed E-state index contributed by atoms with van der Waals surface area (Å²) in [7, 11) is 0. The van der Waals surface area contributed by atoms with Gasteiger partial charge in [0.1, 0.15) is 5.75 Å². The van der Waals surface area contributed by atoms with Crippen LogP contribution >= 0.6 is 12.2 Å². The summed E-state index contributed by atoms with van der Waals surface area (Å²) in [5.74, 6) is 0.704. The second-order valence-corrected chi connectivity index (χ2v) is 5.91. The molecule has 0 unspecified atom stereocenters. The predicted molar refractivity (Wildman–Crippen MR) is 98.6 cm³/mol. The van der Waals surface area contributed by atoms with Crippen molar-refractivity contribution in [2.75, 3.05) is 5.32 Å². The Labute approximate surface area is 151 Å². The van der Waals surface area contributed by atoms with Crippen molar-refractivity contribution in [2.45, 2.75) is 46.3 Å². The molecule has 0 radical (unpaired) electrons. The monoisotopic (exact) mass is 362 g/mol. The maximum absolute atomic E-state index is 12.3. The first-order valence-corrected chi connectivity index (χ1v) is 8.59. The van der Waals surface area contributed by atoms with E-state index in [1.165, 1.54) is 0 Å². The van der Waals surface area contributed by atoms with Crippen molar-refractivity contribution in [1.82, 2.24) is 25.5 Å². The quantitative estimate of drug-likeness (QED) is 0.730. The largest absolute Gasteiger partial charge is 0.491 e. The van der Waals surface area contributed by atoms with Crippen LogP contribution in [-0.4, -0.2) is 37.3 Å². The number of carbonyl (C=O) groups is 1. The fourth-order valence-electron chi connectivity index (χ4n) is 1.99. The van der Waals surface area contributed by atoms with Crippen LogP contribution in [-0.2, 0) is 6.54 Å².